The average Bonchev–Trinajstić information content (AvgIpc) is 2.29. The van der Waals surface area contributed by atoms with E-state index in [1.54, 1.807) is 6.92 Å². The van der Waals surface area contributed by atoms with Crippen LogP contribution in [0.4, 0.5) is 22.0 Å². The second kappa shape index (κ2) is 4.78. The second-order valence-corrected chi connectivity index (χ2v) is 3.23. The fraction of sp³-hybridized carbons (Fsp3) is 0.400. The van der Waals surface area contributed by atoms with Crippen molar-refractivity contribution < 1.29 is 22.0 Å². The third kappa shape index (κ3) is 1.89. The van der Waals surface area contributed by atoms with Crippen molar-refractivity contribution in [2.24, 2.45) is 0 Å². The highest BCUT2D eigenvalue weighted by Crippen LogP contribution is 2.28. The lowest BCUT2D eigenvalue weighted by Gasteiger charge is -2.16. The monoisotopic (exact) mass is 239 g/mol. The van der Waals surface area contributed by atoms with E-state index in [1.807, 2.05) is 0 Å². The molecule has 1 N–H and O–H groups in total. The highest BCUT2D eigenvalue weighted by molar-refractivity contribution is 5.26. The molecule has 0 aliphatic carbocycles. The first kappa shape index (κ1) is 12.9. The zero-order valence-electron chi connectivity index (χ0n) is 8.67. The third-order valence-electron chi connectivity index (χ3n) is 2.35. The van der Waals surface area contributed by atoms with Crippen LogP contribution < -0.4 is 5.32 Å². The van der Waals surface area contributed by atoms with E-state index in [2.05, 4.69) is 5.32 Å². The maximum atomic E-state index is 13.3. The third-order valence-corrected chi connectivity index (χ3v) is 2.35. The number of hydrogen-bond acceptors (Lipinski definition) is 1. The Morgan fingerprint density at radius 2 is 1.25 bits per heavy atom. The van der Waals surface area contributed by atoms with Crippen molar-refractivity contribution in [3.05, 3.63) is 34.6 Å². The molecule has 0 aromatic heterocycles. The molecule has 0 fully saturated rings. The maximum Gasteiger partial charge on any atom is 0.200 e. The molecule has 1 aromatic rings. The minimum atomic E-state index is -2.13. The summed E-state index contributed by atoms with van der Waals surface area (Å²) in [6, 6.07) is -0.912. The van der Waals surface area contributed by atoms with Gasteiger partial charge >= 0.3 is 0 Å². The predicted molar refractivity (Wildman–Crippen MR) is 48.3 cm³/mol. The summed E-state index contributed by atoms with van der Waals surface area (Å²) in [7, 11) is 1.38. The molecule has 90 valence electrons. The van der Waals surface area contributed by atoms with Gasteiger partial charge in [0, 0.05) is 11.6 Å². The molecule has 0 saturated heterocycles. The number of hydrogen-bond donors (Lipinski definition) is 1. The molecule has 6 heteroatoms. The van der Waals surface area contributed by atoms with Crippen LogP contribution in [0.25, 0.3) is 0 Å². The first-order valence-corrected chi connectivity index (χ1v) is 4.64. The molecule has 0 spiro atoms. The lowest BCUT2D eigenvalue weighted by atomic mass is 10.0. The van der Waals surface area contributed by atoms with Crippen LogP contribution in [0.1, 0.15) is 24.9 Å². The van der Waals surface area contributed by atoms with Crippen molar-refractivity contribution in [1.29, 1.82) is 0 Å². The molecule has 1 atom stereocenters. The molecule has 1 rings (SSSR count). The molecule has 16 heavy (non-hydrogen) atoms. The van der Waals surface area contributed by atoms with Crippen LogP contribution in [0.3, 0.4) is 0 Å². The number of benzene rings is 1. The summed E-state index contributed by atoms with van der Waals surface area (Å²) in [5, 5.41) is 2.49. The first-order valence-electron chi connectivity index (χ1n) is 4.64. The van der Waals surface area contributed by atoms with Gasteiger partial charge in [0.1, 0.15) is 0 Å². The summed E-state index contributed by atoms with van der Waals surface area (Å²) >= 11 is 0. The predicted octanol–water partition coefficient (Wildman–Crippen LogP) is 3.05. The van der Waals surface area contributed by atoms with Gasteiger partial charge in [-0.2, -0.15) is 0 Å². The van der Waals surface area contributed by atoms with Gasteiger partial charge in [0.2, 0.25) is 5.82 Å². The van der Waals surface area contributed by atoms with Crippen molar-refractivity contribution in [2.75, 3.05) is 7.05 Å². The van der Waals surface area contributed by atoms with Crippen molar-refractivity contribution in [2.45, 2.75) is 19.4 Å². The van der Waals surface area contributed by atoms with Gasteiger partial charge in [-0.3, -0.25) is 0 Å². The Morgan fingerprint density at radius 1 is 0.875 bits per heavy atom. The maximum absolute atomic E-state index is 13.3. The molecule has 0 aliphatic heterocycles. The van der Waals surface area contributed by atoms with Crippen LogP contribution in [-0.2, 0) is 0 Å². The standard InChI is InChI=1S/C10H10F5N/c1-3-4(16-2)5-6(11)8(13)10(15)9(14)7(5)12/h4,16H,3H2,1-2H3. The average molecular weight is 239 g/mol. The molecule has 1 unspecified atom stereocenters. The van der Waals surface area contributed by atoms with Gasteiger partial charge < -0.3 is 5.32 Å². The van der Waals surface area contributed by atoms with Gasteiger partial charge in [-0.05, 0) is 13.5 Å². The number of halogens is 5. The first-order chi connectivity index (χ1) is 7.45. The SMILES string of the molecule is CCC(NC)c1c(F)c(F)c(F)c(F)c1F. The molecule has 0 radical (unpaired) electrons. The largest absolute Gasteiger partial charge is 0.313 e. The van der Waals surface area contributed by atoms with Crippen LogP contribution in [0, 0.1) is 29.1 Å². The van der Waals surface area contributed by atoms with Crippen LogP contribution >= 0.6 is 0 Å². The number of rotatable bonds is 3. The highest BCUT2D eigenvalue weighted by Gasteiger charge is 2.28. The lowest BCUT2D eigenvalue weighted by Crippen LogP contribution is -2.20. The second-order valence-electron chi connectivity index (χ2n) is 3.23. The van der Waals surface area contributed by atoms with Crippen LogP contribution in [-0.4, -0.2) is 7.05 Å². The zero-order valence-corrected chi connectivity index (χ0v) is 8.67. The summed E-state index contributed by atoms with van der Waals surface area (Å²) in [6.45, 7) is 1.57. The highest BCUT2D eigenvalue weighted by atomic mass is 19.2. The van der Waals surface area contributed by atoms with E-state index in [0.29, 0.717) is 0 Å². The summed E-state index contributed by atoms with van der Waals surface area (Å²) in [5.74, 6) is -9.52. The van der Waals surface area contributed by atoms with Gasteiger partial charge in [-0.25, -0.2) is 22.0 Å². The normalized spacial score (nSPS) is 12.9. The van der Waals surface area contributed by atoms with Crippen molar-refractivity contribution in [3.8, 4) is 0 Å². The molecule has 0 bridgehead atoms. The van der Waals surface area contributed by atoms with E-state index >= 15 is 0 Å². The van der Waals surface area contributed by atoms with Crippen molar-refractivity contribution in [1.82, 2.24) is 5.32 Å². The van der Waals surface area contributed by atoms with Gasteiger partial charge in [-0.1, -0.05) is 6.92 Å². The summed E-state index contributed by atoms with van der Waals surface area (Å²) in [4.78, 5) is 0. The Hall–Kier alpha value is -1.17. The Labute approximate surface area is 89.3 Å². The molecule has 0 amide bonds. The minimum absolute atomic E-state index is 0.203. The molecule has 0 saturated carbocycles. The Morgan fingerprint density at radius 3 is 1.56 bits per heavy atom. The van der Waals surface area contributed by atoms with E-state index in [9.17, 15) is 22.0 Å². The topological polar surface area (TPSA) is 12.0 Å². The van der Waals surface area contributed by atoms with Crippen LogP contribution in [0.2, 0.25) is 0 Å². The molecular weight excluding hydrogens is 229 g/mol. The molecule has 1 aromatic carbocycles. The Bertz CT molecular complexity index is 372. The summed E-state index contributed by atoms with van der Waals surface area (Å²) < 4.78 is 64.9. The molecule has 0 aliphatic rings. The van der Waals surface area contributed by atoms with Gasteiger partial charge in [-0.15, -0.1) is 0 Å². The van der Waals surface area contributed by atoms with E-state index < -0.39 is 40.7 Å². The van der Waals surface area contributed by atoms with Crippen LogP contribution in [0.15, 0.2) is 0 Å². The van der Waals surface area contributed by atoms with Crippen molar-refractivity contribution in [3.63, 3.8) is 0 Å². The Kier molecular flexibility index (Phi) is 3.85. The van der Waals surface area contributed by atoms with Gasteiger partial charge in [0.25, 0.3) is 0 Å². The molecule has 0 heterocycles. The zero-order chi connectivity index (χ0) is 12.5. The van der Waals surface area contributed by atoms with Gasteiger partial charge in [0.15, 0.2) is 23.3 Å². The summed E-state index contributed by atoms with van der Waals surface area (Å²) in [5.41, 5.74) is -0.818. The molecule has 1 nitrogen and oxygen atoms in total. The van der Waals surface area contributed by atoms with E-state index in [0.717, 1.165) is 0 Å². The smallest absolute Gasteiger partial charge is 0.200 e. The number of nitrogens with one attached hydrogen (secondary N) is 1. The van der Waals surface area contributed by atoms with Crippen LogP contribution in [0.5, 0.6) is 0 Å². The fourth-order valence-electron chi connectivity index (χ4n) is 1.48. The summed E-state index contributed by atoms with van der Waals surface area (Å²) in [6.07, 6.45) is 0.203. The quantitative estimate of drug-likeness (QED) is 0.485. The van der Waals surface area contributed by atoms with Crippen molar-refractivity contribution >= 4 is 0 Å². The van der Waals surface area contributed by atoms with E-state index in [1.165, 1.54) is 7.05 Å². The Balaban J connectivity index is 3.50. The lowest BCUT2D eigenvalue weighted by molar-refractivity contribution is 0.357. The van der Waals surface area contributed by atoms with Gasteiger partial charge in [0.05, 0.1) is 0 Å². The molecular formula is C10H10F5N. The van der Waals surface area contributed by atoms with E-state index in [4.69, 9.17) is 0 Å². The van der Waals surface area contributed by atoms with E-state index in [-0.39, 0.29) is 6.42 Å². The fourth-order valence-corrected chi connectivity index (χ4v) is 1.48. The minimum Gasteiger partial charge on any atom is -0.313 e.